The van der Waals surface area contributed by atoms with E-state index < -0.39 is 9.84 Å². The summed E-state index contributed by atoms with van der Waals surface area (Å²) in [5.41, 5.74) is 1.37. The highest BCUT2D eigenvalue weighted by Crippen LogP contribution is 2.23. The number of amides is 1. The number of hydrogen-bond acceptors (Lipinski definition) is 4. The summed E-state index contributed by atoms with van der Waals surface area (Å²) >= 11 is 0. The van der Waals surface area contributed by atoms with Crippen LogP contribution in [0.3, 0.4) is 0 Å². The molecule has 0 N–H and O–H groups in total. The molecule has 0 aliphatic carbocycles. The van der Waals surface area contributed by atoms with E-state index in [0.717, 1.165) is 12.0 Å². The van der Waals surface area contributed by atoms with Gasteiger partial charge in [0.2, 0.25) is 0 Å². The lowest BCUT2D eigenvalue weighted by Gasteiger charge is -2.28. The molecule has 1 fully saturated rings. The predicted molar refractivity (Wildman–Crippen MR) is 76.6 cm³/mol. The summed E-state index contributed by atoms with van der Waals surface area (Å²) in [5, 5.41) is 0. The van der Waals surface area contributed by atoms with Gasteiger partial charge in [-0.25, -0.2) is 8.42 Å². The molecule has 1 aromatic rings. The van der Waals surface area contributed by atoms with Crippen LogP contribution in [0, 0.1) is 13.8 Å². The standard InChI is InChI=1S/C14H21NO4S/c1-4-6-15(12-5-7-20(17,18)9-12)14(16)13-10(2)8-19-11(13)3/h8,12H,4-7,9H2,1-3H3. The van der Waals surface area contributed by atoms with E-state index in [0.29, 0.717) is 24.3 Å². The zero-order valence-corrected chi connectivity index (χ0v) is 13.0. The SMILES string of the molecule is CCCN(C(=O)c1c(C)coc1C)C1CCS(=O)(=O)C1. The Balaban J connectivity index is 2.27. The van der Waals surface area contributed by atoms with Gasteiger partial charge in [-0.2, -0.15) is 0 Å². The Morgan fingerprint density at radius 2 is 2.15 bits per heavy atom. The average Bonchev–Trinajstić information content (AvgIpc) is 2.89. The van der Waals surface area contributed by atoms with E-state index in [4.69, 9.17) is 4.42 Å². The van der Waals surface area contributed by atoms with Crippen LogP contribution >= 0.6 is 0 Å². The van der Waals surface area contributed by atoms with Crippen molar-refractivity contribution in [2.45, 2.75) is 39.7 Å². The molecule has 0 aromatic carbocycles. The first kappa shape index (κ1) is 15.1. The van der Waals surface area contributed by atoms with Gasteiger partial charge in [0.1, 0.15) is 5.76 Å². The van der Waals surface area contributed by atoms with Crippen molar-refractivity contribution < 1.29 is 17.6 Å². The van der Waals surface area contributed by atoms with Crippen LogP contribution in [0.2, 0.25) is 0 Å². The fourth-order valence-electron chi connectivity index (χ4n) is 2.75. The minimum atomic E-state index is -3.00. The Labute approximate surface area is 119 Å². The van der Waals surface area contributed by atoms with Crippen LogP contribution in [-0.2, 0) is 9.84 Å². The van der Waals surface area contributed by atoms with Crippen LogP contribution in [0.25, 0.3) is 0 Å². The van der Waals surface area contributed by atoms with Crippen molar-refractivity contribution in [1.29, 1.82) is 0 Å². The molecule has 5 nitrogen and oxygen atoms in total. The van der Waals surface area contributed by atoms with Crippen molar-refractivity contribution in [3.05, 3.63) is 23.2 Å². The summed E-state index contributed by atoms with van der Waals surface area (Å²) in [7, 11) is -3.00. The first-order valence-electron chi connectivity index (χ1n) is 6.91. The van der Waals surface area contributed by atoms with Gasteiger partial charge in [0, 0.05) is 18.2 Å². The zero-order valence-electron chi connectivity index (χ0n) is 12.2. The maximum Gasteiger partial charge on any atom is 0.257 e. The molecule has 1 amide bonds. The number of rotatable bonds is 4. The van der Waals surface area contributed by atoms with Gasteiger partial charge in [0.15, 0.2) is 9.84 Å². The highest BCUT2D eigenvalue weighted by molar-refractivity contribution is 7.91. The lowest BCUT2D eigenvalue weighted by Crippen LogP contribution is -2.42. The molecule has 2 heterocycles. The van der Waals surface area contributed by atoms with E-state index in [-0.39, 0.29) is 23.5 Å². The monoisotopic (exact) mass is 299 g/mol. The van der Waals surface area contributed by atoms with Crippen LogP contribution in [-0.4, -0.2) is 43.3 Å². The van der Waals surface area contributed by atoms with Gasteiger partial charge >= 0.3 is 0 Å². The largest absolute Gasteiger partial charge is 0.469 e. The molecule has 1 aliphatic rings. The van der Waals surface area contributed by atoms with E-state index >= 15 is 0 Å². The van der Waals surface area contributed by atoms with Gasteiger partial charge in [-0.1, -0.05) is 6.92 Å². The molecular weight excluding hydrogens is 278 g/mol. The van der Waals surface area contributed by atoms with Crippen LogP contribution in [0.1, 0.15) is 41.4 Å². The molecule has 6 heteroatoms. The summed E-state index contributed by atoms with van der Waals surface area (Å²) in [5.74, 6) is 0.732. The first-order chi connectivity index (χ1) is 9.35. The number of nitrogens with zero attached hydrogens (tertiary/aromatic N) is 1. The van der Waals surface area contributed by atoms with Crippen molar-refractivity contribution in [2.75, 3.05) is 18.1 Å². The number of aryl methyl sites for hydroxylation is 2. The van der Waals surface area contributed by atoms with E-state index in [9.17, 15) is 13.2 Å². The maximum atomic E-state index is 12.7. The van der Waals surface area contributed by atoms with Crippen LogP contribution in [0.4, 0.5) is 0 Å². The Hall–Kier alpha value is -1.30. The normalized spacial score (nSPS) is 21.1. The molecular formula is C14H21NO4S. The van der Waals surface area contributed by atoms with Gasteiger partial charge < -0.3 is 9.32 Å². The molecule has 0 saturated carbocycles. The number of hydrogen-bond donors (Lipinski definition) is 0. The van der Waals surface area contributed by atoms with Crippen LogP contribution < -0.4 is 0 Å². The van der Waals surface area contributed by atoms with E-state index in [1.54, 1.807) is 18.1 Å². The molecule has 1 unspecified atom stereocenters. The molecule has 0 bridgehead atoms. The van der Waals surface area contributed by atoms with Crippen molar-refractivity contribution in [3.63, 3.8) is 0 Å². The Morgan fingerprint density at radius 3 is 2.60 bits per heavy atom. The van der Waals surface area contributed by atoms with Gasteiger partial charge in [0.05, 0.1) is 23.3 Å². The molecule has 0 radical (unpaired) electrons. The Kier molecular flexibility index (Phi) is 4.22. The second-order valence-corrected chi connectivity index (χ2v) is 7.63. The van der Waals surface area contributed by atoms with Crippen molar-refractivity contribution in [1.82, 2.24) is 4.90 Å². The lowest BCUT2D eigenvalue weighted by atomic mass is 10.1. The maximum absolute atomic E-state index is 12.7. The molecule has 112 valence electrons. The summed E-state index contributed by atoms with van der Waals surface area (Å²) in [6.07, 6.45) is 2.90. The average molecular weight is 299 g/mol. The highest BCUT2D eigenvalue weighted by Gasteiger charge is 2.35. The third-order valence-corrected chi connectivity index (χ3v) is 5.50. The quantitative estimate of drug-likeness (QED) is 0.852. The van der Waals surface area contributed by atoms with Crippen LogP contribution in [0.5, 0.6) is 0 Å². The number of carbonyl (C=O) groups is 1. The summed E-state index contributed by atoms with van der Waals surface area (Å²) in [6.45, 7) is 6.15. The van der Waals surface area contributed by atoms with E-state index in [2.05, 4.69) is 0 Å². The summed E-state index contributed by atoms with van der Waals surface area (Å²) in [4.78, 5) is 14.4. The molecule has 2 rings (SSSR count). The van der Waals surface area contributed by atoms with Crippen molar-refractivity contribution in [3.8, 4) is 0 Å². The molecule has 1 aliphatic heterocycles. The van der Waals surface area contributed by atoms with Gasteiger partial charge in [-0.15, -0.1) is 0 Å². The fourth-order valence-corrected chi connectivity index (χ4v) is 4.48. The second-order valence-electron chi connectivity index (χ2n) is 5.41. The fraction of sp³-hybridized carbons (Fsp3) is 0.643. The third-order valence-electron chi connectivity index (χ3n) is 3.75. The lowest BCUT2D eigenvalue weighted by molar-refractivity contribution is 0.0694. The molecule has 1 atom stereocenters. The minimum absolute atomic E-state index is 0.0781. The first-order valence-corrected chi connectivity index (χ1v) is 8.74. The highest BCUT2D eigenvalue weighted by atomic mass is 32.2. The smallest absolute Gasteiger partial charge is 0.257 e. The summed E-state index contributed by atoms with van der Waals surface area (Å²) in [6, 6.07) is -0.207. The van der Waals surface area contributed by atoms with Crippen molar-refractivity contribution in [2.24, 2.45) is 0 Å². The van der Waals surface area contributed by atoms with Gasteiger partial charge in [-0.05, 0) is 26.7 Å². The van der Waals surface area contributed by atoms with E-state index in [1.165, 1.54) is 0 Å². The zero-order chi connectivity index (χ0) is 14.9. The molecule has 1 aromatic heterocycles. The molecule has 0 spiro atoms. The Bertz CT molecular complexity index is 583. The van der Waals surface area contributed by atoms with Crippen LogP contribution in [0.15, 0.2) is 10.7 Å². The molecule has 1 saturated heterocycles. The third kappa shape index (κ3) is 2.90. The number of carbonyl (C=O) groups excluding carboxylic acids is 1. The Morgan fingerprint density at radius 1 is 1.45 bits per heavy atom. The second kappa shape index (κ2) is 5.60. The number of sulfone groups is 1. The van der Waals surface area contributed by atoms with E-state index in [1.807, 2.05) is 13.8 Å². The summed E-state index contributed by atoms with van der Waals surface area (Å²) < 4.78 is 28.6. The van der Waals surface area contributed by atoms with Gasteiger partial charge in [-0.3, -0.25) is 4.79 Å². The topological polar surface area (TPSA) is 67.6 Å². The number of furan rings is 1. The van der Waals surface area contributed by atoms with Gasteiger partial charge in [0.25, 0.3) is 5.91 Å². The molecule has 20 heavy (non-hydrogen) atoms. The van der Waals surface area contributed by atoms with Crippen molar-refractivity contribution >= 4 is 15.7 Å². The predicted octanol–water partition coefficient (Wildman–Crippen LogP) is 1.94. The minimum Gasteiger partial charge on any atom is -0.469 e.